The van der Waals surface area contributed by atoms with Crippen LogP contribution in [0, 0.1) is 5.92 Å². The molecule has 0 saturated heterocycles. The average Bonchev–Trinajstić information content (AvgIpc) is 3.50. The van der Waals surface area contributed by atoms with Gasteiger partial charge in [0.2, 0.25) is 23.6 Å². The minimum atomic E-state index is -1.29. The molecule has 0 saturated carbocycles. The van der Waals surface area contributed by atoms with E-state index in [0.717, 1.165) is 33.4 Å². The van der Waals surface area contributed by atoms with E-state index >= 15 is 0 Å². The van der Waals surface area contributed by atoms with Crippen molar-refractivity contribution < 1.29 is 33.8 Å². The number of carbonyl (C=O) groups excluding carboxylic acids is 5. The van der Waals surface area contributed by atoms with Gasteiger partial charge in [0.1, 0.15) is 24.7 Å². The Morgan fingerprint density at radius 2 is 1.00 bits per heavy atom. The van der Waals surface area contributed by atoms with Crippen LogP contribution >= 0.6 is 23.5 Å². The quantitative estimate of drug-likeness (QED) is 0.0145. The third-order valence-electron chi connectivity index (χ3n) is 13.2. The number of aromatic nitrogens is 1. The number of pyridine rings is 1. The van der Waals surface area contributed by atoms with Crippen molar-refractivity contribution in [2.45, 2.75) is 66.8 Å². The molecule has 0 aliphatic heterocycles. The molecule has 7 aromatic rings. The minimum Gasteiger partial charge on any atom is -0.468 e. The molecule has 4 amide bonds. The number of methoxy groups -OCH3 is 1. The van der Waals surface area contributed by atoms with Gasteiger partial charge in [0.25, 0.3) is 0 Å². The van der Waals surface area contributed by atoms with Crippen molar-refractivity contribution in [1.82, 2.24) is 26.3 Å². The lowest BCUT2D eigenvalue weighted by atomic mass is 9.84. The van der Waals surface area contributed by atoms with Crippen molar-refractivity contribution in [3.63, 3.8) is 0 Å². The lowest BCUT2D eigenvalue weighted by Gasteiger charge is -2.37. The molecule has 7 rings (SSSR count). The van der Waals surface area contributed by atoms with Crippen LogP contribution in [0.4, 0.5) is 0 Å². The maximum atomic E-state index is 14.9. The number of nitrogens with zero attached hydrogens (tertiary/aromatic N) is 1. The molecule has 12 nitrogen and oxygen atoms in total. The van der Waals surface area contributed by atoms with Crippen LogP contribution in [-0.2, 0) is 44.6 Å². The number of hydrogen-bond acceptors (Lipinski definition) is 10. The second-order valence-electron chi connectivity index (χ2n) is 18.9. The summed E-state index contributed by atoms with van der Waals surface area (Å²) in [6.07, 6.45) is 4.09. The average molecular weight is 1080 g/mol. The summed E-state index contributed by atoms with van der Waals surface area (Å²) in [5.74, 6) is -2.98. The van der Waals surface area contributed by atoms with E-state index in [2.05, 4.69) is 99.0 Å². The summed E-state index contributed by atoms with van der Waals surface area (Å²) in [7, 11) is 1.21. The monoisotopic (exact) mass is 1080 g/mol. The zero-order chi connectivity index (χ0) is 55.2. The van der Waals surface area contributed by atoms with E-state index in [1.54, 1.807) is 56.1 Å². The Hall–Kier alpha value is -7.78. The lowest BCUT2D eigenvalue weighted by molar-refractivity contribution is -0.141. The summed E-state index contributed by atoms with van der Waals surface area (Å²) < 4.78 is 3.31. The van der Waals surface area contributed by atoms with Crippen LogP contribution in [0.1, 0.15) is 65.8 Å². The van der Waals surface area contributed by atoms with E-state index in [1.165, 1.54) is 18.9 Å². The van der Waals surface area contributed by atoms with Crippen LogP contribution in [0.5, 0.6) is 0 Å². The fourth-order valence-electron chi connectivity index (χ4n) is 9.31. The van der Waals surface area contributed by atoms with Gasteiger partial charge in [0.05, 0.1) is 29.1 Å². The number of esters is 1. The van der Waals surface area contributed by atoms with Gasteiger partial charge in [-0.05, 0) is 63.6 Å². The van der Waals surface area contributed by atoms with Crippen LogP contribution in [-0.4, -0.2) is 89.1 Å². The second-order valence-corrected chi connectivity index (χ2v) is 21.5. The molecular weight excluding hydrogens is 1010 g/mol. The van der Waals surface area contributed by atoms with Crippen molar-refractivity contribution in [3.05, 3.63) is 258 Å². The number of thioether (sulfide) groups is 2. The highest BCUT2D eigenvalue weighted by Crippen LogP contribution is 2.50. The van der Waals surface area contributed by atoms with Gasteiger partial charge in [-0.25, -0.2) is 0 Å². The molecule has 0 unspecified atom stereocenters. The molecule has 402 valence electrons. The second kappa shape index (κ2) is 29.1. The number of aliphatic hydroxyl groups excluding tert-OH is 1. The smallest absolute Gasteiger partial charge is 0.325 e. The molecule has 0 radical (unpaired) electrons. The third-order valence-corrected chi connectivity index (χ3v) is 16.4. The zero-order valence-electron chi connectivity index (χ0n) is 44.1. The molecule has 0 aliphatic rings. The van der Waals surface area contributed by atoms with Gasteiger partial charge in [-0.1, -0.05) is 214 Å². The lowest BCUT2D eigenvalue weighted by Crippen LogP contribution is -2.59. The molecule has 78 heavy (non-hydrogen) atoms. The van der Waals surface area contributed by atoms with E-state index in [9.17, 15) is 29.1 Å². The fraction of sp³-hybridized carbons (Fsp3) is 0.250. The van der Waals surface area contributed by atoms with Crippen molar-refractivity contribution in [2.75, 3.05) is 25.2 Å². The van der Waals surface area contributed by atoms with E-state index < -0.39 is 75.8 Å². The van der Waals surface area contributed by atoms with Crippen LogP contribution in [0.3, 0.4) is 0 Å². The SMILES string of the molecule is COC(=O)CNC(=O)[C@H](NC(=O)[C@@H](CSC(c1ccccc1)(c1ccccc1)c1ccccc1)NC(=O)[C@@H](Cc1ccccn1)NC(=O)C[C@H](O)/C=C/CCSC(c1ccccc1)(c1ccccc1)c1ccccc1)C(C)C. The standard InChI is InChI=1S/C64H67N5O7S2/c1-46(2)59(62(75)66-44-58(72)76-3)69-61(74)56(45-78-64(50-32-16-7-17-33-50,51-34-18-8-19-35-51)52-36-20-9-21-37-52)68-60(73)55(42-53-38-22-24-40-65-53)67-57(71)43-54(70)39-23-25-41-77-63(47-26-10-4-11-27-47,48-28-12-5-13-29-48)49-30-14-6-15-31-49/h4-24,26-40,46,54-56,59,70H,25,41-45H2,1-3H3,(H,66,75)(H,67,71)(H,68,73)(H,69,74)/b39-23+/t54-,55-,56-,59-/m1/s1. The van der Waals surface area contributed by atoms with Crippen LogP contribution < -0.4 is 21.3 Å². The number of amides is 4. The summed E-state index contributed by atoms with van der Waals surface area (Å²) >= 11 is 3.23. The van der Waals surface area contributed by atoms with Gasteiger partial charge in [-0.15, -0.1) is 23.5 Å². The van der Waals surface area contributed by atoms with E-state index in [1.807, 2.05) is 115 Å². The van der Waals surface area contributed by atoms with Crippen molar-refractivity contribution >= 4 is 53.1 Å². The topological polar surface area (TPSA) is 176 Å². The molecule has 14 heteroatoms. The zero-order valence-corrected chi connectivity index (χ0v) is 45.7. The Bertz CT molecular complexity index is 2820. The highest BCUT2D eigenvalue weighted by molar-refractivity contribution is 8.00. The number of hydrogen-bond donors (Lipinski definition) is 5. The maximum absolute atomic E-state index is 14.9. The van der Waals surface area contributed by atoms with Crippen molar-refractivity contribution in [3.8, 4) is 0 Å². The first-order valence-corrected chi connectivity index (χ1v) is 28.0. The number of benzene rings is 6. The molecule has 1 heterocycles. The number of carbonyl (C=O) groups is 5. The maximum Gasteiger partial charge on any atom is 0.325 e. The molecule has 0 bridgehead atoms. The number of rotatable bonds is 27. The predicted molar refractivity (Wildman–Crippen MR) is 311 cm³/mol. The first kappa shape index (κ1) is 57.9. The Morgan fingerprint density at radius 3 is 1.42 bits per heavy atom. The summed E-state index contributed by atoms with van der Waals surface area (Å²) in [6.45, 7) is 3.10. The van der Waals surface area contributed by atoms with Gasteiger partial charge in [0.15, 0.2) is 0 Å². The number of nitrogens with one attached hydrogen (secondary N) is 4. The van der Waals surface area contributed by atoms with Gasteiger partial charge in [-0.2, -0.15) is 0 Å². The molecule has 1 aromatic heterocycles. The Morgan fingerprint density at radius 1 is 0.564 bits per heavy atom. The summed E-state index contributed by atoms with van der Waals surface area (Å²) in [4.78, 5) is 73.7. The molecule has 0 fully saturated rings. The van der Waals surface area contributed by atoms with Gasteiger partial charge < -0.3 is 31.1 Å². The van der Waals surface area contributed by atoms with Gasteiger partial charge in [0, 0.05) is 24.1 Å². The van der Waals surface area contributed by atoms with E-state index in [-0.39, 0.29) is 18.6 Å². The van der Waals surface area contributed by atoms with Gasteiger partial charge in [-0.3, -0.25) is 29.0 Å². The normalized spacial score (nSPS) is 13.1. The summed E-state index contributed by atoms with van der Waals surface area (Å²) in [5, 5.41) is 22.5. The Labute approximate surface area is 466 Å². The molecule has 6 aromatic carbocycles. The first-order chi connectivity index (χ1) is 37.9. The van der Waals surface area contributed by atoms with E-state index in [4.69, 9.17) is 4.74 Å². The molecular formula is C64H67N5O7S2. The predicted octanol–water partition coefficient (Wildman–Crippen LogP) is 9.17. The number of ether oxygens (including phenoxy) is 1. The largest absolute Gasteiger partial charge is 0.468 e. The Kier molecular flexibility index (Phi) is 21.6. The van der Waals surface area contributed by atoms with Crippen LogP contribution in [0.15, 0.2) is 219 Å². The summed E-state index contributed by atoms with van der Waals surface area (Å²) in [5.41, 5.74) is 6.69. The molecule has 0 aliphatic carbocycles. The van der Waals surface area contributed by atoms with E-state index in [0.29, 0.717) is 17.9 Å². The summed E-state index contributed by atoms with van der Waals surface area (Å²) in [6, 6.07) is 62.5. The fourth-order valence-corrected chi connectivity index (χ4v) is 12.3. The molecule has 5 N–H and O–H groups in total. The number of allylic oxidation sites excluding steroid dienone is 1. The molecule has 0 spiro atoms. The number of aliphatic hydroxyl groups is 1. The third kappa shape index (κ3) is 15.2. The highest BCUT2D eigenvalue weighted by Gasteiger charge is 2.40. The van der Waals surface area contributed by atoms with Crippen molar-refractivity contribution in [1.29, 1.82) is 0 Å². The first-order valence-electron chi connectivity index (χ1n) is 26.0. The Balaban J connectivity index is 1.12. The minimum absolute atomic E-state index is 0.0138. The van der Waals surface area contributed by atoms with Crippen LogP contribution in [0.25, 0.3) is 0 Å². The van der Waals surface area contributed by atoms with Crippen LogP contribution in [0.2, 0.25) is 0 Å². The van der Waals surface area contributed by atoms with Gasteiger partial charge >= 0.3 is 5.97 Å². The highest BCUT2D eigenvalue weighted by atomic mass is 32.2. The van der Waals surface area contributed by atoms with Crippen molar-refractivity contribution in [2.24, 2.45) is 5.92 Å². The molecule has 4 atom stereocenters.